The van der Waals surface area contributed by atoms with Crippen molar-refractivity contribution in [1.29, 1.82) is 0 Å². The minimum Gasteiger partial charge on any atom is -0.478 e. The van der Waals surface area contributed by atoms with Gasteiger partial charge in [0.1, 0.15) is 5.75 Å². The molecule has 0 spiro atoms. The summed E-state index contributed by atoms with van der Waals surface area (Å²) in [7, 11) is 0. The van der Waals surface area contributed by atoms with Gasteiger partial charge in [-0.3, -0.25) is 0 Å². The third-order valence-electron chi connectivity index (χ3n) is 6.46. The Bertz CT molecular complexity index is 1390. The summed E-state index contributed by atoms with van der Waals surface area (Å²) in [6.45, 7) is 0.838. The fourth-order valence-corrected chi connectivity index (χ4v) is 4.22. The molecular weight excluding hydrogens is 499 g/mol. The summed E-state index contributed by atoms with van der Waals surface area (Å²) in [6, 6.07) is 13.8. The Morgan fingerprint density at radius 1 is 1.00 bits per heavy atom. The summed E-state index contributed by atoms with van der Waals surface area (Å²) in [4.78, 5) is 22.3. The molecule has 1 N–H and O–H groups in total. The zero-order valence-electron chi connectivity index (χ0n) is 20.2. The molecule has 8 nitrogen and oxygen atoms in total. The van der Waals surface area contributed by atoms with Gasteiger partial charge in [0.2, 0.25) is 11.5 Å². The lowest BCUT2D eigenvalue weighted by molar-refractivity contribution is -0.163. The monoisotopic (exact) mass is 523 g/mol. The molecule has 5 rings (SSSR count). The summed E-state index contributed by atoms with van der Waals surface area (Å²) in [5, 5.41) is 13.8. The van der Waals surface area contributed by atoms with E-state index in [2.05, 4.69) is 15.1 Å². The summed E-state index contributed by atoms with van der Waals surface area (Å²) >= 11 is 0. The molecule has 0 bridgehead atoms. The van der Waals surface area contributed by atoms with Gasteiger partial charge >= 0.3 is 12.1 Å². The van der Waals surface area contributed by atoms with E-state index in [0.29, 0.717) is 43.3 Å². The lowest BCUT2D eigenvalue weighted by atomic mass is 9.80. The van der Waals surface area contributed by atoms with Gasteiger partial charge in [-0.25, -0.2) is 19.4 Å². The molecule has 0 atom stereocenters. The molecule has 38 heavy (non-hydrogen) atoms. The number of carbonyl (C=O) groups is 1. The Hall–Kier alpha value is -4.41. The van der Waals surface area contributed by atoms with Crippen molar-refractivity contribution >= 4 is 11.9 Å². The highest BCUT2D eigenvalue weighted by molar-refractivity contribution is 5.79. The summed E-state index contributed by atoms with van der Waals surface area (Å²) in [6.07, 6.45) is 4.08. The van der Waals surface area contributed by atoms with Gasteiger partial charge in [-0.05, 0) is 67.3 Å². The number of anilines is 1. The van der Waals surface area contributed by atoms with E-state index in [4.69, 9.17) is 4.74 Å². The fraction of sp³-hybridized carbons (Fsp3) is 0.259. The second-order valence-corrected chi connectivity index (χ2v) is 9.14. The van der Waals surface area contributed by atoms with Crippen molar-refractivity contribution in [1.82, 2.24) is 19.7 Å². The highest BCUT2D eigenvalue weighted by Gasteiger charge is 2.47. The van der Waals surface area contributed by atoms with Crippen molar-refractivity contribution in [2.24, 2.45) is 0 Å². The third-order valence-corrected chi connectivity index (χ3v) is 6.46. The molecule has 1 aliphatic carbocycles. The van der Waals surface area contributed by atoms with Crippen LogP contribution in [0, 0.1) is 0 Å². The van der Waals surface area contributed by atoms with Crippen LogP contribution >= 0.6 is 0 Å². The normalized spacial score (nSPS) is 14.5. The predicted octanol–water partition coefficient (Wildman–Crippen LogP) is 5.27. The molecule has 0 saturated heterocycles. The van der Waals surface area contributed by atoms with E-state index < -0.39 is 23.3 Å². The molecule has 2 heterocycles. The lowest BCUT2D eigenvalue weighted by Crippen LogP contribution is -2.50. The Labute approximate surface area is 216 Å². The number of benzene rings is 2. The van der Waals surface area contributed by atoms with Crippen LogP contribution in [0.2, 0.25) is 0 Å². The highest BCUT2D eigenvalue weighted by atomic mass is 19.4. The van der Waals surface area contributed by atoms with Crippen LogP contribution in [0.1, 0.15) is 36.0 Å². The minimum absolute atomic E-state index is 0.394. The van der Waals surface area contributed by atoms with Crippen molar-refractivity contribution in [3.63, 3.8) is 0 Å². The Balaban J connectivity index is 1.31. The topological polar surface area (TPSA) is 93.4 Å². The van der Waals surface area contributed by atoms with E-state index in [-0.39, 0.29) is 0 Å². The number of aromatic nitrogens is 4. The molecule has 2 aromatic carbocycles. The zero-order chi connectivity index (χ0) is 26.8. The largest absolute Gasteiger partial charge is 0.478 e. The third kappa shape index (κ3) is 5.46. The van der Waals surface area contributed by atoms with Gasteiger partial charge in [0, 0.05) is 37.2 Å². The molecule has 0 unspecified atom stereocenters. The average molecular weight is 524 g/mol. The first kappa shape index (κ1) is 25.2. The van der Waals surface area contributed by atoms with Gasteiger partial charge < -0.3 is 14.7 Å². The Morgan fingerprint density at radius 3 is 2.24 bits per heavy atom. The maximum atomic E-state index is 12.9. The molecule has 1 aliphatic rings. The molecule has 196 valence electrons. The molecular formula is C27H24F3N5O3. The van der Waals surface area contributed by atoms with Crippen molar-refractivity contribution in [3.8, 4) is 11.4 Å². The number of halogens is 3. The molecule has 0 radical (unpaired) electrons. The second-order valence-electron chi connectivity index (χ2n) is 9.14. The summed E-state index contributed by atoms with van der Waals surface area (Å²) < 4.78 is 46.0. The standard InChI is InChI=1S/C27H24F3N5O3/c28-27(29,30)21-5-7-22(8-6-21)35-18-20(15-33-35)17-34(25-31-13-2-14-32-25)16-19-3-9-23(10-4-19)38-26(24(36)37)11-1-12-26/h2-10,13-15,18H,1,11-12,16-17H2,(H,36,37). The maximum Gasteiger partial charge on any atom is 0.416 e. The number of alkyl halides is 3. The van der Waals surface area contributed by atoms with E-state index >= 15 is 0 Å². The Kier molecular flexibility index (Phi) is 6.75. The second kappa shape index (κ2) is 10.2. The van der Waals surface area contributed by atoms with E-state index in [0.717, 1.165) is 29.7 Å². The van der Waals surface area contributed by atoms with Crippen molar-refractivity contribution in [2.75, 3.05) is 4.90 Å². The van der Waals surface area contributed by atoms with Crippen LogP contribution in [0.5, 0.6) is 5.75 Å². The van der Waals surface area contributed by atoms with Gasteiger partial charge in [-0.1, -0.05) is 12.1 Å². The smallest absolute Gasteiger partial charge is 0.416 e. The summed E-state index contributed by atoms with van der Waals surface area (Å²) in [5.74, 6) is 0.0441. The van der Waals surface area contributed by atoms with Crippen LogP contribution < -0.4 is 9.64 Å². The predicted molar refractivity (Wildman–Crippen MR) is 132 cm³/mol. The number of carboxylic acids is 1. The number of hydrogen-bond acceptors (Lipinski definition) is 6. The van der Waals surface area contributed by atoms with Gasteiger partial charge in [0.25, 0.3) is 0 Å². The first-order valence-corrected chi connectivity index (χ1v) is 12.0. The van der Waals surface area contributed by atoms with E-state index in [1.54, 1.807) is 43.0 Å². The number of rotatable bonds is 9. The van der Waals surface area contributed by atoms with Crippen molar-refractivity contribution < 1.29 is 27.8 Å². The van der Waals surface area contributed by atoms with Crippen LogP contribution in [0.15, 0.2) is 79.4 Å². The van der Waals surface area contributed by atoms with Crippen LogP contribution in [0.3, 0.4) is 0 Å². The number of ether oxygens (including phenoxy) is 1. The van der Waals surface area contributed by atoms with Gasteiger partial charge in [0.05, 0.1) is 17.4 Å². The van der Waals surface area contributed by atoms with Crippen LogP contribution in [0.4, 0.5) is 19.1 Å². The van der Waals surface area contributed by atoms with Crippen LogP contribution in [0.25, 0.3) is 5.69 Å². The molecule has 1 saturated carbocycles. The Morgan fingerprint density at radius 2 is 1.66 bits per heavy atom. The first-order valence-electron chi connectivity index (χ1n) is 12.0. The fourth-order valence-electron chi connectivity index (χ4n) is 4.22. The number of nitrogens with zero attached hydrogens (tertiary/aromatic N) is 5. The zero-order valence-corrected chi connectivity index (χ0v) is 20.2. The minimum atomic E-state index is -4.40. The maximum absolute atomic E-state index is 12.9. The van der Waals surface area contributed by atoms with Crippen LogP contribution in [-0.4, -0.2) is 36.4 Å². The van der Waals surface area contributed by atoms with Gasteiger partial charge in [-0.15, -0.1) is 0 Å². The first-order chi connectivity index (χ1) is 18.2. The van der Waals surface area contributed by atoms with Gasteiger partial charge in [-0.2, -0.15) is 18.3 Å². The van der Waals surface area contributed by atoms with E-state index in [1.165, 1.54) is 16.8 Å². The van der Waals surface area contributed by atoms with Crippen LogP contribution in [-0.2, 0) is 24.1 Å². The number of aliphatic carboxylic acids is 1. The lowest BCUT2D eigenvalue weighted by Gasteiger charge is -2.37. The quantitative estimate of drug-likeness (QED) is 0.319. The SMILES string of the molecule is O=C(O)C1(Oc2ccc(CN(Cc3cnn(-c4ccc(C(F)(F)F)cc4)c3)c3ncccn3)cc2)CCC1. The molecule has 0 aliphatic heterocycles. The van der Waals surface area contributed by atoms with Crippen molar-refractivity contribution in [2.45, 2.75) is 44.1 Å². The average Bonchev–Trinajstić information content (AvgIpc) is 3.35. The van der Waals surface area contributed by atoms with E-state index in [9.17, 15) is 23.1 Å². The number of carboxylic acid groups (broad SMARTS) is 1. The molecule has 4 aromatic rings. The molecule has 2 aromatic heterocycles. The summed E-state index contributed by atoms with van der Waals surface area (Å²) in [5.41, 5.74) is 0.387. The molecule has 11 heteroatoms. The van der Waals surface area contributed by atoms with E-state index in [1.807, 2.05) is 17.0 Å². The molecule has 0 amide bonds. The highest BCUT2D eigenvalue weighted by Crippen LogP contribution is 2.37. The van der Waals surface area contributed by atoms with Gasteiger partial charge in [0.15, 0.2) is 0 Å². The number of hydrogen-bond donors (Lipinski definition) is 1. The molecule has 1 fully saturated rings. The van der Waals surface area contributed by atoms with Crippen molar-refractivity contribution in [3.05, 3.63) is 96.1 Å².